The van der Waals surface area contributed by atoms with Crippen molar-refractivity contribution in [1.29, 1.82) is 0 Å². The molecule has 120 valence electrons. The Morgan fingerprint density at radius 2 is 2.23 bits per heavy atom. The fourth-order valence-electron chi connectivity index (χ4n) is 2.37. The summed E-state index contributed by atoms with van der Waals surface area (Å²) in [5.41, 5.74) is 0.752. The Bertz CT molecular complexity index is 555. The van der Waals surface area contributed by atoms with Gasteiger partial charge in [-0.1, -0.05) is 19.4 Å². The number of ether oxygens (including phenoxy) is 1. The predicted molar refractivity (Wildman–Crippen MR) is 79.9 cm³/mol. The number of unbranched alkanes of at least 4 members (excludes halogenated alkanes) is 1. The molecule has 1 fully saturated rings. The van der Waals surface area contributed by atoms with Crippen molar-refractivity contribution in [2.24, 2.45) is 5.92 Å². The van der Waals surface area contributed by atoms with Gasteiger partial charge in [0.2, 0.25) is 0 Å². The molecule has 0 aliphatic carbocycles. The number of hydrogen-bond acceptors (Lipinski definition) is 5. The lowest BCUT2D eigenvalue weighted by molar-refractivity contribution is -0.385. The number of rotatable bonds is 8. The lowest BCUT2D eigenvalue weighted by atomic mass is 9.99. The van der Waals surface area contributed by atoms with E-state index in [4.69, 9.17) is 9.84 Å². The van der Waals surface area contributed by atoms with Gasteiger partial charge in [0.05, 0.1) is 17.4 Å². The third-order valence-corrected chi connectivity index (χ3v) is 3.69. The minimum absolute atomic E-state index is 0.0380. The monoisotopic (exact) mass is 308 g/mol. The minimum Gasteiger partial charge on any atom is -0.487 e. The zero-order valence-electron chi connectivity index (χ0n) is 12.5. The van der Waals surface area contributed by atoms with Gasteiger partial charge >= 0.3 is 11.7 Å². The first kappa shape index (κ1) is 16.2. The average molecular weight is 308 g/mol. The number of nitro groups is 1. The molecule has 1 aromatic carbocycles. The summed E-state index contributed by atoms with van der Waals surface area (Å²) >= 11 is 0. The molecule has 1 heterocycles. The van der Waals surface area contributed by atoms with E-state index in [-0.39, 0.29) is 17.4 Å². The van der Waals surface area contributed by atoms with E-state index in [1.165, 1.54) is 6.07 Å². The highest BCUT2D eigenvalue weighted by molar-refractivity contribution is 5.71. The summed E-state index contributed by atoms with van der Waals surface area (Å²) in [6, 6.07) is 4.93. The molecule has 0 aromatic heterocycles. The van der Waals surface area contributed by atoms with Crippen molar-refractivity contribution in [1.82, 2.24) is 4.90 Å². The van der Waals surface area contributed by atoms with E-state index in [0.29, 0.717) is 26.2 Å². The second kappa shape index (κ2) is 7.22. The Kier molecular flexibility index (Phi) is 5.32. The summed E-state index contributed by atoms with van der Waals surface area (Å²) in [6.07, 6.45) is 1.81. The lowest BCUT2D eigenvalue weighted by Gasteiger charge is -2.36. The van der Waals surface area contributed by atoms with Crippen LogP contribution in [0.25, 0.3) is 0 Å². The maximum absolute atomic E-state index is 11.2. The maximum Gasteiger partial charge on any atom is 0.311 e. The summed E-state index contributed by atoms with van der Waals surface area (Å²) in [7, 11) is 0. The number of aliphatic carboxylic acids is 1. The van der Waals surface area contributed by atoms with Crippen LogP contribution in [0.3, 0.4) is 0 Å². The molecule has 0 spiro atoms. The van der Waals surface area contributed by atoms with Crippen molar-refractivity contribution in [2.75, 3.05) is 19.7 Å². The summed E-state index contributed by atoms with van der Waals surface area (Å²) < 4.78 is 5.45. The molecular weight excluding hydrogens is 288 g/mol. The molecule has 1 saturated heterocycles. The molecule has 0 unspecified atom stereocenters. The van der Waals surface area contributed by atoms with Gasteiger partial charge in [0.1, 0.15) is 0 Å². The van der Waals surface area contributed by atoms with Gasteiger partial charge in [0.15, 0.2) is 5.75 Å². The maximum atomic E-state index is 11.2. The van der Waals surface area contributed by atoms with Crippen LogP contribution in [0.2, 0.25) is 0 Å². The van der Waals surface area contributed by atoms with Crippen LogP contribution in [-0.4, -0.2) is 40.6 Å². The number of carboxylic acids is 1. The second-order valence-electron chi connectivity index (χ2n) is 5.49. The minimum atomic E-state index is -0.790. The van der Waals surface area contributed by atoms with Crippen LogP contribution in [0.15, 0.2) is 18.2 Å². The topological polar surface area (TPSA) is 92.9 Å². The van der Waals surface area contributed by atoms with Crippen LogP contribution in [0.4, 0.5) is 5.69 Å². The van der Waals surface area contributed by atoms with Crippen LogP contribution in [0.5, 0.6) is 5.75 Å². The zero-order chi connectivity index (χ0) is 16.1. The molecule has 1 aliphatic heterocycles. The SMILES string of the molecule is CCCCOc1ccc(CN2CC(C(=O)O)C2)cc1[N+](=O)[O-]. The van der Waals surface area contributed by atoms with Gasteiger partial charge in [-0.05, 0) is 18.1 Å². The molecule has 0 atom stereocenters. The number of nitrogens with zero attached hydrogens (tertiary/aromatic N) is 2. The number of nitro benzene ring substituents is 1. The molecular formula is C15H20N2O5. The van der Waals surface area contributed by atoms with Crippen molar-refractivity contribution >= 4 is 11.7 Å². The van der Waals surface area contributed by atoms with Crippen LogP contribution in [0, 0.1) is 16.0 Å². The van der Waals surface area contributed by atoms with Gasteiger partial charge < -0.3 is 9.84 Å². The quantitative estimate of drug-likeness (QED) is 0.450. The number of hydrogen-bond donors (Lipinski definition) is 1. The Hall–Kier alpha value is -2.15. The highest BCUT2D eigenvalue weighted by Gasteiger charge is 2.32. The summed E-state index contributed by atoms with van der Waals surface area (Å²) in [5.74, 6) is -0.831. The summed E-state index contributed by atoms with van der Waals surface area (Å²) in [6.45, 7) is 3.97. The zero-order valence-corrected chi connectivity index (χ0v) is 12.5. The molecule has 0 saturated carbocycles. The number of benzene rings is 1. The van der Waals surface area contributed by atoms with Crippen molar-refractivity contribution in [3.8, 4) is 5.75 Å². The Labute approximate surface area is 128 Å². The average Bonchev–Trinajstić information content (AvgIpc) is 2.43. The third kappa shape index (κ3) is 3.94. The van der Waals surface area contributed by atoms with Crippen molar-refractivity contribution in [3.05, 3.63) is 33.9 Å². The van der Waals surface area contributed by atoms with Gasteiger partial charge in [0.25, 0.3) is 0 Å². The summed E-state index contributed by atoms with van der Waals surface area (Å²) in [4.78, 5) is 23.4. The molecule has 2 rings (SSSR count). The van der Waals surface area contributed by atoms with Crippen LogP contribution in [-0.2, 0) is 11.3 Å². The molecule has 22 heavy (non-hydrogen) atoms. The van der Waals surface area contributed by atoms with E-state index in [1.54, 1.807) is 12.1 Å². The van der Waals surface area contributed by atoms with Crippen LogP contribution >= 0.6 is 0 Å². The smallest absolute Gasteiger partial charge is 0.311 e. The first-order valence-corrected chi connectivity index (χ1v) is 7.36. The second-order valence-corrected chi connectivity index (χ2v) is 5.49. The number of carboxylic acid groups (broad SMARTS) is 1. The Morgan fingerprint density at radius 3 is 2.82 bits per heavy atom. The molecule has 1 N–H and O–H groups in total. The Morgan fingerprint density at radius 1 is 1.50 bits per heavy atom. The lowest BCUT2D eigenvalue weighted by Crippen LogP contribution is -2.49. The van der Waals surface area contributed by atoms with E-state index < -0.39 is 10.9 Å². The molecule has 7 nitrogen and oxygen atoms in total. The highest BCUT2D eigenvalue weighted by Crippen LogP contribution is 2.29. The van der Waals surface area contributed by atoms with Gasteiger partial charge in [-0.25, -0.2) is 0 Å². The molecule has 7 heteroatoms. The number of likely N-dealkylation sites (tertiary alicyclic amines) is 1. The van der Waals surface area contributed by atoms with Crippen LogP contribution < -0.4 is 4.74 Å². The van der Waals surface area contributed by atoms with Gasteiger partial charge in [-0.15, -0.1) is 0 Å². The van der Waals surface area contributed by atoms with Gasteiger partial charge in [-0.2, -0.15) is 0 Å². The molecule has 1 aliphatic rings. The summed E-state index contributed by atoms with van der Waals surface area (Å²) in [5, 5.41) is 20.0. The fourth-order valence-corrected chi connectivity index (χ4v) is 2.37. The molecule has 0 bridgehead atoms. The fraction of sp³-hybridized carbons (Fsp3) is 0.533. The third-order valence-electron chi connectivity index (χ3n) is 3.69. The van der Waals surface area contributed by atoms with E-state index in [9.17, 15) is 14.9 Å². The van der Waals surface area contributed by atoms with E-state index in [1.807, 2.05) is 11.8 Å². The molecule has 0 radical (unpaired) electrons. The first-order valence-electron chi connectivity index (χ1n) is 7.36. The molecule has 1 aromatic rings. The Balaban J connectivity index is 2.00. The standard InChI is InChI=1S/C15H20N2O5/c1-2-3-6-22-14-5-4-11(7-13(14)17(20)21)8-16-9-12(10-16)15(18)19/h4-5,7,12H,2-3,6,8-10H2,1H3,(H,18,19). The normalized spacial score (nSPS) is 15.3. The largest absolute Gasteiger partial charge is 0.487 e. The van der Waals surface area contributed by atoms with Crippen LogP contribution in [0.1, 0.15) is 25.3 Å². The van der Waals surface area contributed by atoms with Crippen molar-refractivity contribution in [3.63, 3.8) is 0 Å². The number of carbonyl (C=O) groups is 1. The highest BCUT2D eigenvalue weighted by atomic mass is 16.6. The first-order chi connectivity index (χ1) is 10.5. The predicted octanol–water partition coefficient (Wildman–Crippen LogP) is 2.29. The van der Waals surface area contributed by atoms with E-state index >= 15 is 0 Å². The van der Waals surface area contributed by atoms with Crippen molar-refractivity contribution in [2.45, 2.75) is 26.3 Å². The van der Waals surface area contributed by atoms with Gasteiger partial charge in [-0.3, -0.25) is 19.8 Å². The molecule has 0 amide bonds. The van der Waals surface area contributed by atoms with Crippen molar-refractivity contribution < 1.29 is 19.6 Å². The van der Waals surface area contributed by atoms with E-state index in [2.05, 4.69) is 0 Å². The van der Waals surface area contributed by atoms with E-state index in [0.717, 1.165) is 18.4 Å². The van der Waals surface area contributed by atoms with Gasteiger partial charge in [0, 0.05) is 25.7 Å².